The second-order valence-electron chi connectivity index (χ2n) is 6.30. The minimum absolute atomic E-state index is 0. The number of nitrogens with zero attached hydrogens (tertiary/aromatic N) is 2. The minimum atomic E-state index is 0. The molecule has 4 nitrogen and oxygen atoms in total. The van der Waals surface area contributed by atoms with Crippen LogP contribution in [0.15, 0.2) is 0 Å². The highest BCUT2D eigenvalue weighted by Crippen LogP contribution is 2.22. The van der Waals surface area contributed by atoms with Crippen LogP contribution >= 0.6 is 24.8 Å². The zero-order valence-corrected chi connectivity index (χ0v) is 14.4. The lowest BCUT2D eigenvalue weighted by molar-refractivity contribution is -0.135. The third kappa shape index (κ3) is 4.72. The fourth-order valence-electron chi connectivity index (χ4n) is 3.84. The van der Waals surface area contributed by atoms with Gasteiger partial charge in [-0.05, 0) is 58.2 Å². The highest BCUT2D eigenvalue weighted by atomic mass is 35.5. The van der Waals surface area contributed by atoms with Crippen molar-refractivity contribution in [1.29, 1.82) is 0 Å². The van der Waals surface area contributed by atoms with E-state index in [0.717, 1.165) is 32.1 Å². The SMILES string of the molecule is Cl.Cl.O=C([C@@H]1CCCCN1)N1CCC(N2CCCC2)CC1. The molecule has 3 saturated heterocycles. The number of amides is 1. The Balaban J connectivity index is 0.00000110. The van der Waals surface area contributed by atoms with Gasteiger partial charge in [-0.25, -0.2) is 0 Å². The summed E-state index contributed by atoms with van der Waals surface area (Å²) >= 11 is 0. The molecule has 0 aromatic carbocycles. The molecule has 0 aromatic rings. The summed E-state index contributed by atoms with van der Waals surface area (Å²) in [5.74, 6) is 0.361. The monoisotopic (exact) mass is 337 g/mol. The molecule has 1 N–H and O–H groups in total. The van der Waals surface area contributed by atoms with Gasteiger partial charge in [0, 0.05) is 19.1 Å². The number of nitrogens with one attached hydrogen (secondary N) is 1. The van der Waals surface area contributed by atoms with Gasteiger partial charge >= 0.3 is 0 Å². The van der Waals surface area contributed by atoms with Crippen LogP contribution in [0, 0.1) is 0 Å². The lowest BCUT2D eigenvalue weighted by Crippen LogP contribution is -2.52. The predicted octanol–water partition coefficient (Wildman–Crippen LogP) is 2.06. The number of carbonyl (C=O) groups excluding carboxylic acids is 1. The summed E-state index contributed by atoms with van der Waals surface area (Å²) in [7, 11) is 0. The third-order valence-corrected chi connectivity index (χ3v) is 5.04. The minimum Gasteiger partial charge on any atom is -0.341 e. The van der Waals surface area contributed by atoms with Gasteiger partial charge < -0.3 is 15.1 Å². The molecule has 3 heterocycles. The molecule has 1 amide bonds. The number of hydrogen-bond donors (Lipinski definition) is 1. The summed E-state index contributed by atoms with van der Waals surface area (Å²) in [6, 6.07) is 0.850. The molecule has 0 spiro atoms. The van der Waals surface area contributed by atoms with Gasteiger partial charge in [0.05, 0.1) is 6.04 Å². The van der Waals surface area contributed by atoms with Gasteiger partial charge in [-0.3, -0.25) is 4.79 Å². The van der Waals surface area contributed by atoms with Crippen LogP contribution in [0.25, 0.3) is 0 Å². The predicted molar refractivity (Wildman–Crippen MR) is 90.5 cm³/mol. The van der Waals surface area contributed by atoms with Gasteiger partial charge in [-0.2, -0.15) is 0 Å². The molecule has 0 saturated carbocycles. The molecule has 0 bridgehead atoms. The molecule has 0 aromatic heterocycles. The molecule has 21 heavy (non-hydrogen) atoms. The molecule has 3 aliphatic rings. The number of likely N-dealkylation sites (tertiary alicyclic amines) is 2. The molecule has 3 rings (SSSR count). The van der Waals surface area contributed by atoms with Crippen molar-refractivity contribution in [2.75, 3.05) is 32.7 Å². The first-order valence-corrected chi connectivity index (χ1v) is 8.11. The zero-order chi connectivity index (χ0) is 13.1. The first-order chi connectivity index (χ1) is 9.34. The van der Waals surface area contributed by atoms with Gasteiger partial charge in [0.2, 0.25) is 5.91 Å². The highest BCUT2D eigenvalue weighted by Gasteiger charge is 2.31. The smallest absolute Gasteiger partial charge is 0.239 e. The van der Waals surface area contributed by atoms with Crippen LogP contribution < -0.4 is 5.32 Å². The Hall–Kier alpha value is -0.0300. The zero-order valence-electron chi connectivity index (χ0n) is 12.8. The van der Waals surface area contributed by atoms with E-state index in [1.165, 1.54) is 51.6 Å². The molecule has 6 heteroatoms. The van der Waals surface area contributed by atoms with Crippen LogP contribution in [0.4, 0.5) is 0 Å². The normalized spacial score (nSPS) is 27.8. The van der Waals surface area contributed by atoms with Gasteiger partial charge in [-0.1, -0.05) is 6.42 Å². The first kappa shape index (κ1) is 19.0. The molecule has 3 fully saturated rings. The van der Waals surface area contributed by atoms with E-state index < -0.39 is 0 Å². The van der Waals surface area contributed by atoms with Crippen LogP contribution in [-0.2, 0) is 4.79 Å². The summed E-state index contributed by atoms with van der Waals surface area (Å²) in [6.45, 7) is 5.52. The fourth-order valence-corrected chi connectivity index (χ4v) is 3.84. The summed E-state index contributed by atoms with van der Waals surface area (Å²) < 4.78 is 0. The molecular formula is C15H29Cl2N3O. The number of piperidine rings is 2. The number of hydrogen-bond acceptors (Lipinski definition) is 3. The van der Waals surface area contributed by atoms with E-state index in [4.69, 9.17) is 0 Å². The van der Waals surface area contributed by atoms with Gasteiger partial charge in [0.15, 0.2) is 0 Å². The topological polar surface area (TPSA) is 35.6 Å². The largest absolute Gasteiger partial charge is 0.341 e. The van der Waals surface area contributed by atoms with E-state index in [-0.39, 0.29) is 30.9 Å². The highest BCUT2D eigenvalue weighted by molar-refractivity contribution is 5.85. The Morgan fingerprint density at radius 2 is 1.52 bits per heavy atom. The maximum atomic E-state index is 12.4. The van der Waals surface area contributed by atoms with Crippen molar-refractivity contribution >= 4 is 30.7 Å². The number of carbonyl (C=O) groups is 1. The maximum absolute atomic E-state index is 12.4. The van der Waals surface area contributed by atoms with Crippen molar-refractivity contribution in [2.24, 2.45) is 0 Å². The van der Waals surface area contributed by atoms with Crippen LogP contribution in [-0.4, -0.2) is 60.5 Å². The van der Waals surface area contributed by atoms with Crippen molar-refractivity contribution in [3.05, 3.63) is 0 Å². The Labute approximate surface area is 140 Å². The molecule has 3 aliphatic heterocycles. The Morgan fingerprint density at radius 3 is 2.10 bits per heavy atom. The maximum Gasteiger partial charge on any atom is 0.239 e. The molecule has 1 atom stereocenters. The molecule has 0 unspecified atom stereocenters. The first-order valence-electron chi connectivity index (χ1n) is 8.11. The van der Waals surface area contributed by atoms with Crippen molar-refractivity contribution in [3.63, 3.8) is 0 Å². The summed E-state index contributed by atoms with van der Waals surface area (Å²) in [4.78, 5) is 17.2. The molecule has 0 radical (unpaired) electrons. The number of halogens is 2. The van der Waals surface area contributed by atoms with E-state index >= 15 is 0 Å². The van der Waals surface area contributed by atoms with Crippen LogP contribution in [0.5, 0.6) is 0 Å². The van der Waals surface area contributed by atoms with Crippen molar-refractivity contribution in [2.45, 2.75) is 57.0 Å². The van der Waals surface area contributed by atoms with Crippen molar-refractivity contribution in [1.82, 2.24) is 15.1 Å². The van der Waals surface area contributed by atoms with Crippen LogP contribution in [0.2, 0.25) is 0 Å². The van der Waals surface area contributed by atoms with E-state index in [1.54, 1.807) is 0 Å². The average Bonchev–Trinajstić information content (AvgIpc) is 3.02. The summed E-state index contributed by atoms with van der Waals surface area (Å²) in [6.07, 6.45) is 8.55. The van der Waals surface area contributed by atoms with Crippen molar-refractivity contribution in [3.8, 4) is 0 Å². The Kier molecular flexibility index (Phi) is 8.32. The quantitative estimate of drug-likeness (QED) is 0.837. The summed E-state index contributed by atoms with van der Waals surface area (Å²) in [5, 5.41) is 3.38. The third-order valence-electron chi connectivity index (χ3n) is 5.04. The fraction of sp³-hybridized carbons (Fsp3) is 0.933. The number of rotatable bonds is 2. The van der Waals surface area contributed by atoms with E-state index in [1.807, 2.05) is 0 Å². The van der Waals surface area contributed by atoms with Crippen LogP contribution in [0.3, 0.4) is 0 Å². The Bertz CT molecular complexity index is 310. The van der Waals surface area contributed by atoms with Crippen molar-refractivity contribution < 1.29 is 4.79 Å². The van der Waals surface area contributed by atoms with E-state index in [2.05, 4.69) is 15.1 Å². The van der Waals surface area contributed by atoms with Gasteiger partial charge in [0.25, 0.3) is 0 Å². The lowest BCUT2D eigenvalue weighted by Gasteiger charge is -2.38. The average molecular weight is 338 g/mol. The molecule has 0 aliphatic carbocycles. The second kappa shape index (κ2) is 9.19. The Morgan fingerprint density at radius 1 is 0.857 bits per heavy atom. The van der Waals surface area contributed by atoms with E-state index in [9.17, 15) is 4.79 Å². The lowest BCUT2D eigenvalue weighted by atomic mass is 10.00. The molecule has 124 valence electrons. The standard InChI is InChI=1S/C15H27N3O.2ClH/c19-15(14-5-1-2-8-16-14)18-11-6-13(7-12-18)17-9-3-4-10-17;;/h13-14,16H,1-12H2;2*1H/t14-;;/m0../s1. The van der Waals surface area contributed by atoms with Gasteiger partial charge in [0.1, 0.15) is 0 Å². The second-order valence-corrected chi connectivity index (χ2v) is 6.30. The van der Waals surface area contributed by atoms with Crippen LogP contribution in [0.1, 0.15) is 44.9 Å². The summed E-state index contributed by atoms with van der Waals surface area (Å²) in [5.41, 5.74) is 0. The van der Waals surface area contributed by atoms with E-state index in [0.29, 0.717) is 5.91 Å². The molecular weight excluding hydrogens is 309 g/mol. The van der Waals surface area contributed by atoms with Gasteiger partial charge in [-0.15, -0.1) is 24.8 Å².